The second kappa shape index (κ2) is 10.6. The quantitative estimate of drug-likeness (QED) is 0.153. The predicted molar refractivity (Wildman–Crippen MR) is 167 cm³/mol. The van der Waals surface area contributed by atoms with E-state index in [4.69, 9.17) is 15.0 Å². The van der Waals surface area contributed by atoms with E-state index in [1.807, 2.05) is 127 Å². The van der Waals surface area contributed by atoms with Crippen molar-refractivity contribution in [1.29, 1.82) is 0 Å². The van der Waals surface area contributed by atoms with Gasteiger partial charge in [0.2, 0.25) is 5.95 Å². The number of nitrogens with zero attached hydrogens (tertiary/aromatic N) is 5. The van der Waals surface area contributed by atoms with Crippen LogP contribution in [0, 0.1) is 10.1 Å². The summed E-state index contributed by atoms with van der Waals surface area (Å²) in [5.74, 6) is 1.21. The summed E-state index contributed by atoms with van der Waals surface area (Å²) in [6.45, 7) is 0. The molecule has 7 nitrogen and oxygen atoms in total. The Bertz CT molecular complexity index is 2020. The van der Waals surface area contributed by atoms with Crippen LogP contribution in [0.4, 0.5) is 23.0 Å². The monoisotopic (exact) mass is 545 g/mol. The fourth-order valence-corrected chi connectivity index (χ4v) is 5.18. The van der Waals surface area contributed by atoms with Gasteiger partial charge in [0.05, 0.1) is 10.6 Å². The Kier molecular flexibility index (Phi) is 6.29. The average molecular weight is 546 g/mol. The number of benzene rings is 6. The first-order chi connectivity index (χ1) is 20.7. The van der Waals surface area contributed by atoms with E-state index < -0.39 is 0 Å². The highest BCUT2D eigenvalue weighted by Crippen LogP contribution is 2.44. The van der Waals surface area contributed by atoms with Crippen molar-refractivity contribution in [3.05, 3.63) is 150 Å². The molecule has 0 saturated carbocycles. The number of nitro benzene ring substituents is 1. The molecule has 7 aromatic rings. The summed E-state index contributed by atoms with van der Waals surface area (Å²) < 4.78 is 0. The van der Waals surface area contributed by atoms with Crippen LogP contribution < -0.4 is 4.90 Å². The number of aromatic nitrogens is 3. The van der Waals surface area contributed by atoms with Crippen LogP contribution in [0.15, 0.2) is 140 Å². The Balaban J connectivity index is 1.58. The first kappa shape index (κ1) is 25.0. The molecule has 0 radical (unpaired) electrons. The molecule has 0 saturated heterocycles. The molecule has 200 valence electrons. The zero-order valence-corrected chi connectivity index (χ0v) is 22.3. The third kappa shape index (κ3) is 4.59. The molecule has 0 atom stereocenters. The lowest BCUT2D eigenvalue weighted by Crippen LogP contribution is -2.17. The number of hydrogen-bond donors (Lipinski definition) is 0. The normalized spacial score (nSPS) is 11.0. The Labute approximate surface area is 241 Å². The largest absolute Gasteiger partial charge is 0.293 e. The molecule has 0 N–H and O–H groups in total. The van der Waals surface area contributed by atoms with E-state index in [2.05, 4.69) is 0 Å². The molecule has 42 heavy (non-hydrogen) atoms. The topological polar surface area (TPSA) is 85.0 Å². The van der Waals surface area contributed by atoms with Crippen molar-refractivity contribution in [2.24, 2.45) is 0 Å². The maximum Gasteiger partial charge on any atom is 0.293 e. The van der Waals surface area contributed by atoms with Crippen LogP contribution in [0.1, 0.15) is 0 Å². The van der Waals surface area contributed by atoms with Gasteiger partial charge in [0.1, 0.15) is 5.69 Å². The van der Waals surface area contributed by atoms with E-state index in [0.29, 0.717) is 28.4 Å². The van der Waals surface area contributed by atoms with Gasteiger partial charge in [-0.25, -0.2) is 4.98 Å². The fraction of sp³-hybridized carbons (Fsp3) is 0. The second-order valence-electron chi connectivity index (χ2n) is 9.79. The van der Waals surface area contributed by atoms with Gasteiger partial charge < -0.3 is 0 Å². The summed E-state index contributed by atoms with van der Waals surface area (Å²) in [6.07, 6.45) is 0. The van der Waals surface area contributed by atoms with Crippen LogP contribution in [0.25, 0.3) is 44.3 Å². The highest BCUT2D eigenvalue weighted by molar-refractivity contribution is 6.03. The highest BCUT2D eigenvalue weighted by atomic mass is 16.6. The van der Waals surface area contributed by atoms with Gasteiger partial charge in [0.15, 0.2) is 11.6 Å². The van der Waals surface area contributed by atoms with Gasteiger partial charge in [-0.15, -0.1) is 0 Å². The zero-order chi connectivity index (χ0) is 28.5. The molecule has 6 aromatic carbocycles. The van der Waals surface area contributed by atoms with Crippen molar-refractivity contribution in [3.63, 3.8) is 0 Å². The van der Waals surface area contributed by atoms with Crippen molar-refractivity contribution < 1.29 is 4.92 Å². The smallest absolute Gasteiger partial charge is 0.272 e. The first-order valence-electron chi connectivity index (χ1n) is 13.5. The van der Waals surface area contributed by atoms with Crippen LogP contribution in [0.5, 0.6) is 0 Å². The molecule has 7 rings (SSSR count). The highest BCUT2D eigenvalue weighted by Gasteiger charge is 2.28. The van der Waals surface area contributed by atoms with Gasteiger partial charge in [0.25, 0.3) is 5.69 Å². The van der Waals surface area contributed by atoms with Crippen molar-refractivity contribution in [3.8, 4) is 22.8 Å². The van der Waals surface area contributed by atoms with Crippen LogP contribution >= 0.6 is 0 Å². The molecule has 1 aromatic heterocycles. The van der Waals surface area contributed by atoms with Crippen molar-refractivity contribution in [2.45, 2.75) is 0 Å². The average Bonchev–Trinajstić information content (AvgIpc) is 3.05. The Hall–Kier alpha value is -5.95. The third-order valence-corrected chi connectivity index (χ3v) is 7.18. The van der Waals surface area contributed by atoms with Crippen molar-refractivity contribution in [1.82, 2.24) is 15.0 Å². The summed E-state index contributed by atoms with van der Waals surface area (Å²) in [7, 11) is 0. The lowest BCUT2D eigenvalue weighted by molar-refractivity contribution is -0.383. The van der Waals surface area contributed by atoms with E-state index in [1.165, 1.54) is 0 Å². The lowest BCUT2D eigenvalue weighted by Gasteiger charge is -2.25. The third-order valence-electron chi connectivity index (χ3n) is 7.18. The SMILES string of the molecule is O=[N+]([O-])c1ccc2ccccc2c1N(c1ccc2ccccc2c1)c1nc(-c2ccccc2)nc(-c2ccccc2)n1. The van der Waals surface area contributed by atoms with Crippen LogP contribution in [-0.4, -0.2) is 19.9 Å². The van der Waals surface area contributed by atoms with Crippen molar-refractivity contribution >= 4 is 44.6 Å². The number of anilines is 3. The van der Waals surface area contributed by atoms with Gasteiger partial charge >= 0.3 is 0 Å². The van der Waals surface area contributed by atoms with E-state index in [-0.39, 0.29) is 16.6 Å². The maximum atomic E-state index is 12.5. The number of rotatable bonds is 6. The Morgan fingerprint density at radius 2 is 1.10 bits per heavy atom. The number of nitro groups is 1. The van der Waals surface area contributed by atoms with E-state index in [0.717, 1.165) is 27.3 Å². The molecular formula is C35H23N5O2. The molecule has 0 bridgehead atoms. The van der Waals surface area contributed by atoms with Crippen LogP contribution in [0.2, 0.25) is 0 Å². The van der Waals surface area contributed by atoms with Crippen molar-refractivity contribution in [2.75, 3.05) is 4.90 Å². The van der Waals surface area contributed by atoms with E-state index in [1.54, 1.807) is 17.0 Å². The predicted octanol–water partition coefficient (Wildman–Crippen LogP) is 8.89. The molecule has 0 fully saturated rings. The molecule has 1 heterocycles. The molecule has 0 aliphatic carbocycles. The minimum absolute atomic E-state index is 0.0511. The van der Waals surface area contributed by atoms with Gasteiger partial charge in [-0.3, -0.25) is 15.0 Å². The van der Waals surface area contributed by atoms with Crippen LogP contribution in [0.3, 0.4) is 0 Å². The summed E-state index contributed by atoms with van der Waals surface area (Å²) in [6, 6.07) is 44.3. The molecule has 0 aliphatic rings. The zero-order valence-electron chi connectivity index (χ0n) is 22.3. The Morgan fingerprint density at radius 1 is 0.548 bits per heavy atom. The number of fused-ring (bicyclic) bond motifs is 2. The minimum atomic E-state index is -0.354. The molecule has 0 unspecified atom stereocenters. The maximum absolute atomic E-state index is 12.5. The van der Waals surface area contributed by atoms with Gasteiger partial charge in [0, 0.05) is 22.6 Å². The van der Waals surface area contributed by atoms with E-state index in [9.17, 15) is 10.1 Å². The summed E-state index contributed by atoms with van der Waals surface area (Å²) in [4.78, 5) is 28.7. The standard InChI is InChI=1S/C35H23N5O2/c41-40(42)31-22-20-25-12-9-10-18-30(25)32(31)39(29-21-19-24-11-7-8-17-28(24)23-29)35-37-33(26-13-3-1-4-14-26)36-34(38-35)27-15-5-2-6-16-27/h1-23H. The van der Waals surface area contributed by atoms with E-state index >= 15 is 0 Å². The minimum Gasteiger partial charge on any atom is -0.272 e. The molecule has 0 aliphatic heterocycles. The number of hydrogen-bond acceptors (Lipinski definition) is 6. The molecular weight excluding hydrogens is 522 g/mol. The van der Waals surface area contributed by atoms with Gasteiger partial charge in [-0.2, -0.15) is 9.97 Å². The Morgan fingerprint density at radius 3 is 1.74 bits per heavy atom. The second-order valence-corrected chi connectivity index (χ2v) is 9.79. The van der Waals surface area contributed by atoms with Crippen LogP contribution in [-0.2, 0) is 0 Å². The van der Waals surface area contributed by atoms with Gasteiger partial charge in [-0.1, -0.05) is 115 Å². The summed E-state index contributed by atoms with van der Waals surface area (Å²) >= 11 is 0. The summed E-state index contributed by atoms with van der Waals surface area (Å²) in [5, 5.41) is 16.2. The van der Waals surface area contributed by atoms with Gasteiger partial charge in [-0.05, 0) is 34.4 Å². The fourth-order valence-electron chi connectivity index (χ4n) is 5.18. The molecule has 0 spiro atoms. The molecule has 7 heteroatoms. The summed E-state index contributed by atoms with van der Waals surface area (Å²) in [5.41, 5.74) is 2.65. The first-order valence-corrected chi connectivity index (χ1v) is 13.5. The molecule has 0 amide bonds. The lowest BCUT2D eigenvalue weighted by atomic mass is 10.0.